The van der Waals surface area contributed by atoms with Crippen molar-refractivity contribution in [2.24, 2.45) is 17.8 Å². The molecule has 272 valence electrons. The van der Waals surface area contributed by atoms with Gasteiger partial charge in [-0.2, -0.15) is 0 Å². The van der Waals surface area contributed by atoms with E-state index in [2.05, 4.69) is 40.9 Å². The van der Waals surface area contributed by atoms with Crippen LogP contribution in [-0.2, 0) is 14.2 Å². The number of nitrogens with zero attached hydrogens (tertiary/aromatic N) is 1. The summed E-state index contributed by atoms with van der Waals surface area (Å²) >= 11 is 2.09. The van der Waals surface area contributed by atoms with Gasteiger partial charge in [-0.1, -0.05) is 55.0 Å². The van der Waals surface area contributed by atoms with Crippen molar-refractivity contribution in [2.75, 3.05) is 23.9 Å². The van der Waals surface area contributed by atoms with Gasteiger partial charge < -0.3 is 29.6 Å². The largest absolute Gasteiger partial charge is 0.504 e. The summed E-state index contributed by atoms with van der Waals surface area (Å²) in [5.74, 6) is -0.806. The Labute approximate surface area is 323 Å². The number of benzene rings is 4. The topological polar surface area (TPSA) is 118 Å². The Morgan fingerprint density at radius 1 is 0.981 bits per heavy atom. The zero-order valence-electron chi connectivity index (χ0n) is 29.7. The van der Waals surface area contributed by atoms with Crippen molar-refractivity contribution in [3.63, 3.8) is 0 Å². The van der Waals surface area contributed by atoms with Crippen LogP contribution in [0.4, 0.5) is 17.1 Å². The van der Waals surface area contributed by atoms with E-state index >= 15 is 0 Å². The van der Waals surface area contributed by atoms with Crippen LogP contribution in [0.2, 0.25) is 6.32 Å². The quantitative estimate of drug-likeness (QED) is 0.0565. The molecule has 2 amide bonds. The second-order valence-electron chi connectivity index (χ2n) is 13.7. The highest BCUT2D eigenvalue weighted by Gasteiger charge is 2.57. The lowest BCUT2D eigenvalue weighted by molar-refractivity contribution is -0.122. The minimum atomic E-state index is -1.08. The number of para-hydroxylation sites is 2. The van der Waals surface area contributed by atoms with Crippen LogP contribution in [0.15, 0.2) is 114 Å². The first-order valence-corrected chi connectivity index (χ1v) is 19.1. The molecule has 0 unspecified atom stereocenters. The van der Waals surface area contributed by atoms with Crippen molar-refractivity contribution in [3.05, 3.63) is 123 Å². The highest BCUT2D eigenvalue weighted by Crippen LogP contribution is 2.51. The summed E-state index contributed by atoms with van der Waals surface area (Å²) in [7, 11) is 0.451. The molecule has 0 aromatic heterocycles. The number of imide groups is 1. The lowest BCUT2D eigenvalue weighted by Gasteiger charge is -2.43. The molecule has 2 aliphatic heterocycles. The first kappa shape index (κ1) is 36.8. The third-order valence-corrected chi connectivity index (χ3v) is 11.3. The highest BCUT2D eigenvalue weighted by atomic mass is 127. The van der Waals surface area contributed by atoms with Gasteiger partial charge in [0, 0.05) is 11.4 Å². The third kappa shape index (κ3) is 7.88. The summed E-state index contributed by atoms with van der Waals surface area (Å²) in [5.41, 5.74) is 6.30. The van der Waals surface area contributed by atoms with Gasteiger partial charge in [-0.05, 0) is 138 Å². The van der Waals surface area contributed by atoms with Crippen molar-refractivity contribution in [3.8, 4) is 17.2 Å². The SMILES string of the molecule is CC/C(=C\c1cc(I)c(O)c(OC)c1)CC[C@H]1OB(O)C[C@H]2C1=C(COc1ccccc1)C[C@H]1C(=O)N(c3ccc(Nc4ccccc4)cc3)C(=O)[C@H]12. The van der Waals surface area contributed by atoms with Gasteiger partial charge in [0.05, 0.1) is 34.3 Å². The molecule has 3 N–H and O–H groups in total. The number of carbonyl (C=O) groups is 2. The fourth-order valence-corrected chi connectivity index (χ4v) is 8.58. The number of ether oxygens (including phenoxy) is 2. The Morgan fingerprint density at radius 3 is 2.38 bits per heavy atom. The molecule has 0 spiro atoms. The summed E-state index contributed by atoms with van der Waals surface area (Å²) in [6.45, 7) is 2.34. The smallest absolute Gasteiger partial charge is 0.455 e. The van der Waals surface area contributed by atoms with Crippen LogP contribution >= 0.6 is 22.6 Å². The van der Waals surface area contributed by atoms with Crippen LogP contribution in [0.1, 0.15) is 38.2 Å². The average Bonchev–Trinajstić information content (AvgIpc) is 3.43. The molecule has 0 bridgehead atoms. The Hall–Kier alpha value is -4.59. The summed E-state index contributed by atoms with van der Waals surface area (Å²) in [6.07, 6.45) is 4.25. The molecule has 2 heterocycles. The Balaban J connectivity index is 1.17. The van der Waals surface area contributed by atoms with Gasteiger partial charge in [0.1, 0.15) is 12.4 Å². The van der Waals surface area contributed by atoms with Crippen molar-refractivity contribution >= 4 is 64.7 Å². The van der Waals surface area contributed by atoms with Crippen LogP contribution in [-0.4, -0.2) is 48.9 Å². The zero-order valence-corrected chi connectivity index (χ0v) is 31.9. The van der Waals surface area contributed by atoms with Crippen molar-refractivity contribution in [1.29, 1.82) is 0 Å². The molecule has 1 aliphatic carbocycles. The number of aromatic hydroxyl groups is 1. The molecule has 0 radical (unpaired) electrons. The molecule has 0 saturated carbocycles. The van der Waals surface area contributed by atoms with Gasteiger partial charge in [0.15, 0.2) is 11.5 Å². The maximum Gasteiger partial charge on any atom is 0.455 e. The lowest BCUT2D eigenvalue weighted by Crippen LogP contribution is -2.46. The maximum absolute atomic E-state index is 14.4. The lowest BCUT2D eigenvalue weighted by atomic mass is 9.58. The highest BCUT2D eigenvalue weighted by molar-refractivity contribution is 14.1. The number of anilines is 3. The number of hydrogen-bond donors (Lipinski definition) is 3. The average molecular weight is 825 g/mol. The standard InChI is InChI=1S/C42H42BIN2O7/c1-3-26(20-27-21-35(44)40(47)37(22-27)51-2)14-19-36-38-28(25-52-32-12-8-5-9-13-32)23-33-39(34(38)24-43(50)53-36)42(49)46(41(33)48)31-17-15-30(16-18-31)45-29-10-6-4-7-11-29/h4-13,15-18,20-22,33-34,36,39,45,47,50H,3,14,19,23-25H2,1-2H3/b26-20+/t33-,34+,36-,39-/m1/s1. The summed E-state index contributed by atoms with van der Waals surface area (Å²) in [6, 6.07) is 30.4. The summed E-state index contributed by atoms with van der Waals surface area (Å²) in [5, 5.41) is 24.8. The van der Waals surface area contributed by atoms with Gasteiger partial charge in [0.2, 0.25) is 11.8 Å². The van der Waals surface area contributed by atoms with E-state index in [1.54, 1.807) is 12.1 Å². The Bertz CT molecular complexity index is 2020. The second kappa shape index (κ2) is 16.2. The van der Waals surface area contributed by atoms with Gasteiger partial charge in [-0.25, -0.2) is 0 Å². The minimum Gasteiger partial charge on any atom is -0.504 e. The normalized spacial score (nSPS) is 21.4. The molecule has 53 heavy (non-hydrogen) atoms. The zero-order chi connectivity index (χ0) is 37.1. The van der Waals surface area contributed by atoms with E-state index < -0.39 is 25.1 Å². The number of phenols is 1. The molecule has 2 saturated heterocycles. The molecule has 9 nitrogen and oxygen atoms in total. The molecule has 4 aromatic carbocycles. The van der Waals surface area contributed by atoms with Crippen LogP contribution < -0.4 is 19.7 Å². The number of carbonyl (C=O) groups excluding carboxylic acids is 2. The second-order valence-corrected chi connectivity index (χ2v) is 14.9. The monoisotopic (exact) mass is 824 g/mol. The number of fused-ring (bicyclic) bond motifs is 3. The van der Waals surface area contributed by atoms with Crippen LogP contribution in [0.3, 0.4) is 0 Å². The predicted octanol–water partition coefficient (Wildman–Crippen LogP) is 8.40. The fraction of sp³-hybridized carbons (Fsp3) is 0.286. The van der Waals surface area contributed by atoms with Gasteiger partial charge in [0.25, 0.3) is 0 Å². The van der Waals surface area contributed by atoms with Gasteiger partial charge >= 0.3 is 7.12 Å². The molecule has 7 rings (SSSR count). The summed E-state index contributed by atoms with van der Waals surface area (Å²) in [4.78, 5) is 29.9. The van der Waals surface area contributed by atoms with E-state index in [4.69, 9.17) is 14.1 Å². The predicted molar refractivity (Wildman–Crippen MR) is 215 cm³/mol. The Morgan fingerprint density at radius 2 is 1.68 bits per heavy atom. The molecular formula is C42H42BIN2O7. The van der Waals surface area contributed by atoms with E-state index in [0.717, 1.165) is 40.1 Å². The van der Waals surface area contributed by atoms with Crippen molar-refractivity contribution in [1.82, 2.24) is 0 Å². The number of nitrogens with one attached hydrogen (secondary N) is 1. The minimum absolute atomic E-state index is 0.113. The first-order chi connectivity index (χ1) is 25.7. The Kier molecular flexibility index (Phi) is 11.2. The number of allylic oxidation sites excluding steroid dienone is 1. The number of halogens is 1. The first-order valence-electron chi connectivity index (χ1n) is 18.0. The molecule has 4 aromatic rings. The number of hydrogen-bond acceptors (Lipinski definition) is 8. The van der Waals surface area contributed by atoms with Crippen LogP contribution in [0, 0.1) is 21.3 Å². The van der Waals surface area contributed by atoms with E-state index in [0.29, 0.717) is 40.0 Å². The molecule has 4 atom stereocenters. The molecule has 3 aliphatic rings. The number of methoxy groups -OCH3 is 1. The number of amides is 2. The van der Waals surface area contributed by atoms with E-state index in [1.165, 1.54) is 12.0 Å². The van der Waals surface area contributed by atoms with Crippen molar-refractivity contribution in [2.45, 2.75) is 45.0 Å². The third-order valence-electron chi connectivity index (χ3n) is 10.5. The van der Waals surface area contributed by atoms with Crippen LogP contribution in [0.5, 0.6) is 17.2 Å². The van der Waals surface area contributed by atoms with E-state index in [-0.39, 0.29) is 36.4 Å². The number of phenolic OH excluding ortho intramolecular Hbond substituents is 1. The van der Waals surface area contributed by atoms with Gasteiger partial charge in [-0.15, -0.1) is 0 Å². The van der Waals surface area contributed by atoms with Crippen molar-refractivity contribution < 1.29 is 33.8 Å². The number of rotatable bonds is 12. The fourth-order valence-electron chi connectivity index (χ4n) is 7.96. The molecular weight excluding hydrogens is 782 g/mol. The van der Waals surface area contributed by atoms with Gasteiger partial charge in [-0.3, -0.25) is 14.5 Å². The van der Waals surface area contributed by atoms with Crippen LogP contribution in [0.25, 0.3) is 6.08 Å². The molecule has 2 fully saturated rings. The molecule has 11 heteroatoms. The van der Waals surface area contributed by atoms with E-state index in [9.17, 15) is 19.7 Å². The van der Waals surface area contributed by atoms with E-state index in [1.807, 2.05) is 84.9 Å². The summed E-state index contributed by atoms with van der Waals surface area (Å²) < 4.78 is 18.6. The maximum atomic E-state index is 14.4.